The molecule has 222 valence electrons. The molecule has 0 aliphatic heterocycles. The molecule has 1 amide bonds. The van der Waals surface area contributed by atoms with Gasteiger partial charge in [0.05, 0.1) is 15.2 Å². The molecule has 7 saturated carbocycles. The van der Waals surface area contributed by atoms with Crippen LogP contribution in [0, 0.1) is 17.8 Å². The minimum Gasteiger partial charge on any atom is -0.424 e. The van der Waals surface area contributed by atoms with E-state index in [1.54, 1.807) is 11.3 Å². The van der Waals surface area contributed by atoms with E-state index < -0.39 is 5.67 Å². The molecule has 7 aliphatic carbocycles. The second-order valence-electron chi connectivity index (χ2n) is 14.8. The number of alkyl halides is 1. The Labute approximate surface area is 255 Å². The maximum atomic E-state index is 14.4. The number of aryl methyl sites for hydroxylation is 1. The summed E-state index contributed by atoms with van der Waals surface area (Å²) < 4.78 is 21.8. The number of anilines is 1. The van der Waals surface area contributed by atoms with Gasteiger partial charge in [-0.15, -0.1) is 21.5 Å². The van der Waals surface area contributed by atoms with Crippen molar-refractivity contribution in [2.24, 2.45) is 10.8 Å². The van der Waals surface area contributed by atoms with Crippen molar-refractivity contribution in [3.05, 3.63) is 59.3 Å². The molecule has 8 heteroatoms. The fourth-order valence-electron chi connectivity index (χ4n) is 8.96. The highest BCUT2D eigenvalue weighted by Crippen LogP contribution is 2.71. The van der Waals surface area contributed by atoms with Crippen molar-refractivity contribution in [1.29, 1.82) is 0 Å². The van der Waals surface area contributed by atoms with Gasteiger partial charge in [0.25, 0.3) is 0 Å². The van der Waals surface area contributed by atoms with E-state index in [0.29, 0.717) is 38.1 Å². The summed E-state index contributed by atoms with van der Waals surface area (Å²) in [5.74, 6) is 2.30. The average Bonchev–Trinajstić information content (AvgIpc) is 3.58. The van der Waals surface area contributed by atoms with E-state index in [-0.39, 0.29) is 22.2 Å². The third-order valence-electron chi connectivity index (χ3n) is 11.6. The van der Waals surface area contributed by atoms with Gasteiger partial charge < -0.3 is 9.32 Å². The SMILES string of the molecule is Cc1nc2ccc(-c3cccc(N(CC45CCC(c6nnc(C7CC7)o6)(CC4)CC5)C(=O)CC45CC(F)(C4)C5)c3)cc2s1. The van der Waals surface area contributed by atoms with Crippen molar-refractivity contribution in [3.8, 4) is 11.1 Å². The van der Waals surface area contributed by atoms with Gasteiger partial charge in [0.2, 0.25) is 17.7 Å². The number of fused-ring (bicyclic) bond motifs is 4. The number of amides is 1. The summed E-state index contributed by atoms with van der Waals surface area (Å²) in [6.45, 7) is 2.75. The summed E-state index contributed by atoms with van der Waals surface area (Å²) in [7, 11) is 0. The van der Waals surface area contributed by atoms with Crippen molar-refractivity contribution in [3.63, 3.8) is 0 Å². The Balaban J connectivity index is 0.999. The van der Waals surface area contributed by atoms with Crippen LogP contribution >= 0.6 is 11.3 Å². The number of benzene rings is 2. The minimum atomic E-state index is -0.998. The molecule has 4 bridgehead atoms. The molecule has 0 N–H and O–H groups in total. The summed E-state index contributed by atoms with van der Waals surface area (Å²) in [6, 6.07) is 14.9. The van der Waals surface area contributed by atoms with Crippen LogP contribution in [0.3, 0.4) is 0 Å². The quantitative estimate of drug-likeness (QED) is 0.204. The van der Waals surface area contributed by atoms with Gasteiger partial charge in [-0.1, -0.05) is 18.2 Å². The van der Waals surface area contributed by atoms with E-state index in [0.717, 1.165) is 90.5 Å². The second-order valence-corrected chi connectivity index (χ2v) is 16.0. The standard InChI is InChI=1S/C35H37FN4O2S/c1-22-37-27-8-7-25(16-28(27)43-22)24-3-2-4-26(15-24)40(29(41)17-33-18-35(36,19-33)20-33)21-32-9-12-34(13-10-32,14-11-32)31-39-38-30(42-31)23-5-6-23/h2-4,7-8,15-16,23H,5-6,9-14,17-21H2,1H3. The summed E-state index contributed by atoms with van der Waals surface area (Å²) in [5.41, 5.74) is 3.15. The van der Waals surface area contributed by atoms with Crippen LogP contribution in [-0.4, -0.2) is 33.3 Å². The number of carbonyl (C=O) groups is 1. The zero-order valence-corrected chi connectivity index (χ0v) is 25.5. The van der Waals surface area contributed by atoms with Crippen LogP contribution in [0.5, 0.6) is 0 Å². The first kappa shape index (κ1) is 26.3. The predicted octanol–water partition coefficient (Wildman–Crippen LogP) is 8.44. The van der Waals surface area contributed by atoms with Crippen LogP contribution in [0.1, 0.15) is 99.8 Å². The third kappa shape index (κ3) is 4.30. The number of aromatic nitrogens is 3. The number of hydrogen-bond acceptors (Lipinski definition) is 6. The molecule has 11 rings (SSSR count). The molecule has 7 fully saturated rings. The lowest BCUT2D eigenvalue weighted by molar-refractivity contribution is -0.215. The van der Waals surface area contributed by atoms with Crippen molar-refractivity contribution in [2.75, 3.05) is 11.4 Å². The van der Waals surface area contributed by atoms with Gasteiger partial charge in [0, 0.05) is 30.0 Å². The molecule has 6 nitrogen and oxygen atoms in total. The number of hydrogen-bond donors (Lipinski definition) is 0. The number of nitrogens with zero attached hydrogens (tertiary/aromatic N) is 4. The zero-order valence-electron chi connectivity index (χ0n) is 24.7. The van der Waals surface area contributed by atoms with E-state index >= 15 is 0 Å². The van der Waals surface area contributed by atoms with Gasteiger partial charge in [0.15, 0.2) is 0 Å². The normalized spacial score (nSPS) is 32.4. The van der Waals surface area contributed by atoms with Crippen LogP contribution in [0.2, 0.25) is 0 Å². The number of halogens is 1. The first-order chi connectivity index (χ1) is 20.7. The molecule has 4 aromatic rings. The van der Waals surface area contributed by atoms with Gasteiger partial charge >= 0.3 is 0 Å². The smallest absolute Gasteiger partial charge is 0.227 e. The molecular weight excluding hydrogens is 559 g/mol. The summed E-state index contributed by atoms with van der Waals surface area (Å²) in [4.78, 5) is 20.9. The van der Waals surface area contributed by atoms with Gasteiger partial charge in [-0.25, -0.2) is 9.37 Å². The lowest BCUT2D eigenvalue weighted by atomic mass is 9.41. The van der Waals surface area contributed by atoms with Gasteiger partial charge in [-0.2, -0.15) is 0 Å². The molecule has 2 aromatic carbocycles. The highest BCUT2D eigenvalue weighted by Gasteiger charge is 2.69. The highest BCUT2D eigenvalue weighted by atomic mass is 32.1. The predicted molar refractivity (Wildman–Crippen MR) is 165 cm³/mol. The topological polar surface area (TPSA) is 72.1 Å². The largest absolute Gasteiger partial charge is 0.424 e. The van der Waals surface area contributed by atoms with Gasteiger partial charge in [-0.3, -0.25) is 4.79 Å². The fraction of sp³-hybridized carbons (Fsp3) is 0.543. The molecule has 0 saturated heterocycles. The van der Waals surface area contributed by atoms with E-state index in [2.05, 4.69) is 62.5 Å². The van der Waals surface area contributed by atoms with E-state index in [1.807, 2.05) is 6.92 Å². The van der Waals surface area contributed by atoms with Crippen LogP contribution in [-0.2, 0) is 10.2 Å². The fourth-order valence-corrected chi connectivity index (χ4v) is 9.83. The minimum absolute atomic E-state index is 0.00836. The Morgan fingerprint density at radius 1 is 0.977 bits per heavy atom. The number of rotatable bonds is 8. The monoisotopic (exact) mass is 596 g/mol. The van der Waals surface area contributed by atoms with Crippen molar-refractivity contribution in [1.82, 2.24) is 15.2 Å². The number of carbonyl (C=O) groups excluding carboxylic acids is 1. The van der Waals surface area contributed by atoms with Crippen LogP contribution in [0.4, 0.5) is 10.1 Å². The van der Waals surface area contributed by atoms with Crippen molar-refractivity contribution >= 4 is 33.1 Å². The average molecular weight is 597 g/mol. The molecule has 2 aromatic heterocycles. The molecule has 0 radical (unpaired) electrons. The summed E-state index contributed by atoms with van der Waals surface area (Å²) in [6.07, 6.45) is 10.7. The summed E-state index contributed by atoms with van der Waals surface area (Å²) in [5, 5.41) is 10.0. The molecule has 0 atom stereocenters. The van der Waals surface area contributed by atoms with Crippen LogP contribution < -0.4 is 4.90 Å². The Hall–Kier alpha value is -3.13. The van der Waals surface area contributed by atoms with E-state index in [9.17, 15) is 9.18 Å². The first-order valence-electron chi connectivity index (χ1n) is 16.0. The Morgan fingerprint density at radius 3 is 2.44 bits per heavy atom. The lowest BCUT2D eigenvalue weighted by Crippen LogP contribution is -2.65. The van der Waals surface area contributed by atoms with Crippen molar-refractivity contribution < 1.29 is 13.6 Å². The Morgan fingerprint density at radius 2 is 1.72 bits per heavy atom. The maximum Gasteiger partial charge on any atom is 0.227 e. The first-order valence-corrected chi connectivity index (χ1v) is 16.9. The molecule has 0 spiro atoms. The molecular formula is C35H37FN4O2S. The molecule has 7 aliphatic rings. The van der Waals surface area contributed by atoms with Crippen molar-refractivity contribution in [2.45, 2.75) is 101 Å². The Kier molecular flexibility index (Phi) is 5.48. The molecule has 0 unspecified atom stereocenters. The molecule has 43 heavy (non-hydrogen) atoms. The molecule has 2 heterocycles. The van der Waals surface area contributed by atoms with Gasteiger partial charge in [0.1, 0.15) is 5.67 Å². The number of thiazole rings is 1. The van der Waals surface area contributed by atoms with Crippen LogP contribution in [0.15, 0.2) is 46.9 Å². The highest BCUT2D eigenvalue weighted by molar-refractivity contribution is 7.18. The van der Waals surface area contributed by atoms with E-state index in [1.165, 1.54) is 4.70 Å². The van der Waals surface area contributed by atoms with Gasteiger partial charge in [-0.05, 0) is 124 Å². The summed E-state index contributed by atoms with van der Waals surface area (Å²) >= 11 is 1.71. The lowest BCUT2D eigenvalue weighted by Gasteiger charge is -2.66. The maximum absolute atomic E-state index is 14.4. The zero-order chi connectivity index (χ0) is 29.0. The Bertz CT molecular complexity index is 1730. The third-order valence-corrected chi connectivity index (χ3v) is 12.5. The second kappa shape index (κ2) is 8.96. The van der Waals surface area contributed by atoms with Crippen LogP contribution in [0.25, 0.3) is 21.3 Å². The van der Waals surface area contributed by atoms with E-state index in [4.69, 9.17) is 4.42 Å².